The molecule has 1 aliphatic heterocycles. The molecule has 3 heterocycles. The summed E-state index contributed by atoms with van der Waals surface area (Å²) in [7, 11) is 0. The Balaban J connectivity index is 1.45. The van der Waals surface area contributed by atoms with Crippen molar-refractivity contribution >= 4 is 57.8 Å². The molecule has 0 amide bonds. The molecule has 0 atom stereocenters. The van der Waals surface area contributed by atoms with Crippen LogP contribution in [0.2, 0.25) is 10.0 Å². The number of benzene rings is 1. The van der Waals surface area contributed by atoms with Gasteiger partial charge >= 0.3 is 0 Å². The van der Waals surface area contributed by atoms with Gasteiger partial charge in [-0.1, -0.05) is 35.3 Å². The summed E-state index contributed by atoms with van der Waals surface area (Å²) in [6.45, 7) is 2.73. The monoisotopic (exact) mass is 472 g/mol. The summed E-state index contributed by atoms with van der Waals surface area (Å²) in [5, 5.41) is 11.6. The third-order valence-corrected chi connectivity index (χ3v) is 6.50. The fraction of sp³-hybridized carbons (Fsp3) is 0.200. The number of nitrogens with zero attached hydrogens (tertiary/aromatic N) is 6. The van der Waals surface area contributed by atoms with Crippen molar-refractivity contribution < 1.29 is 0 Å². The van der Waals surface area contributed by atoms with E-state index in [1.165, 1.54) is 11.3 Å². The van der Waals surface area contributed by atoms with Crippen molar-refractivity contribution in [2.75, 3.05) is 36.8 Å². The molecule has 1 aromatic carbocycles. The highest BCUT2D eigenvalue weighted by Crippen LogP contribution is 2.35. The zero-order valence-electron chi connectivity index (χ0n) is 16.3. The fourth-order valence-electron chi connectivity index (χ4n) is 3.25. The Kier molecular flexibility index (Phi) is 6.13. The van der Waals surface area contributed by atoms with E-state index in [2.05, 4.69) is 25.9 Å². The average molecular weight is 473 g/mol. The number of hydrogen-bond donors (Lipinski definition) is 2. The number of nitrogens with two attached hydrogens (primary N) is 2. The normalized spacial score (nSPS) is 14.5. The van der Waals surface area contributed by atoms with Crippen LogP contribution in [0, 0.1) is 11.3 Å². The molecule has 0 spiro atoms. The van der Waals surface area contributed by atoms with Crippen LogP contribution in [0.3, 0.4) is 0 Å². The number of halogens is 2. The topological polar surface area (TPSA) is 120 Å². The van der Waals surface area contributed by atoms with Gasteiger partial charge in [0.15, 0.2) is 11.8 Å². The van der Waals surface area contributed by atoms with E-state index in [-0.39, 0.29) is 5.82 Å². The van der Waals surface area contributed by atoms with Gasteiger partial charge in [-0.15, -0.1) is 11.3 Å². The van der Waals surface area contributed by atoms with E-state index in [0.717, 1.165) is 0 Å². The summed E-state index contributed by atoms with van der Waals surface area (Å²) in [5.41, 5.74) is 14.2. The van der Waals surface area contributed by atoms with Gasteiger partial charge in [-0.05, 0) is 12.1 Å². The van der Waals surface area contributed by atoms with Gasteiger partial charge in [0, 0.05) is 37.1 Å². The minimum Gasteiger partial charge on any atom is -0.382 e. The van der Waals surface area contributed by atoms with Crippen LogP contribution in [0.25, 0.3) is 11.3 Å². The van der Waals surface area contributed by atoms with Crippen LogP contribution >= 0.6 is 34.5 Å². The predicted molar refractivity (Wildman–Crippen MR) is 126 cm³/mol. The van der Waals surface area contributed by atoms with Crippen molar-refractivity contribution in [2.24, 2.45) is 10.7 Å². The molecular formula is C20H18Cl2N8S. The van der Waals surface area contributed by atoms with Crippen LogP contribution < -0.4 is 16.4 Å². The van der Waals surface area contributed by atoms with E-state index >= 15 is 0 Å². The lowest BCUT2D eigenvalue weighted by Gasteiger charge is -2.35. The van der Waals surface area contributed by atoms with Crippen molar-refractivity contribution in [3.8, 4) is 17.3 Å². The van der Waals surface area contributed by atoms with E-state index < -0.39 is 0 Å². The third-order valence-electron chi connectivity index (χ3n) is 4.86. The summed E-state index contributed by atoms with van der Waals surface area (Å²) in [6, 6.07) is 9.13. The van der Waals surface area contributed by atoms with Gasteiger partial charge in [-0.3, -0.25) is 0 Å². The van der Waals surface area contributed by atoms with Crippen molar-refractivity contribution in [1.29, 1.82) is 5.26 Å². The van der Waals surface area contributed by atoms with Crippen LogP contribution in [0.5, 0.6) is 0 Å². The zero-order chi connectivity index (χ0) is 22.0. The standard InChI is InChI=1S/C20H18Cl2N8S/c21-15-3-1-2-14(17(15)22)18-19(24)28-16(10-26-18)29-4-6-30(7-5-29)20(25)27-12-8-13(9-23)31-11-12/h1-3,8,10-11H,4-7H2,(H2,24,28)(H2,25,27). The molecule has 3 aromatic rings. The third kappa shape index (κ3) is 4.51. The van der Waals surface area contributed by atoms with Gasteiger partial charge in [-0.2, -0.15) is 5.26 Å². The van der Waals surface area contributed by atoms with Crippen molar-refractivity contribution in [3.05, 3.63) is 50.8 Å². The van der Waals surface area contributed by atoms with Crippen LogP contribution in [0.1, 0.15) is 4.88 Å². The van der Waals surface area contributed by atoms with Crippen LogP contribution in [-0.2, 0) is 0 Å². The summed E-state index contributed by atoms with van der Waals surface area (Å²) in [4.78, 5) is 18.1. The molecule has 1 aliphatic rings. The molecule has 158 valence electrons. The first-order valence-corrected chi connectivity index (χ1v) is 11.0. The van der Waals surface area contributed by atoms with E-state index in [1.807, 2.05) is 16.3 Å². The van der Waals surface area contributed by atoms with Gasteiger partial charge < -0.3 is 21.3 Å². The van der Waals surface area contributed by atoms with Crippen LogP contribution in [0.15, 0.2) is 40.8 Å². The Labute approximate surface area is 193 Å². The highest BCUT2D eigenvalue weighted by molar-refractivity contribution is 7.11. The van der Waals surface area contributed by atoms with Crippen LogP contribution in [0.4, 0.5) is 17.3 Å². The molecule has 4 N–H and O–H groups in total. The largest absolute Gasteiger partial charge is 0.382 e. The number of hydrogen-bond acceptors (Lipinski definition) is 7. The highest BCUT2D eigenvalue weighted by Gasteiger charge is 2.21. The van der Waals surface area contributed by atoms with Gasteiger partial charge in [0.25, 0.3) is 0 Å². The first-order chi connectivity index (χ1) is 15.0. The molecule has 4 rings (SSSR count). The number of nitriles is 1. The fourth-order valence-corrected chi connectivity index (χ4v) is 4.25. The maximum Gasteiger partial charge on any atom is 0.196 e. The molecular weight excluding hydrogens is 455 g/mol. The maximum atomic E-state index is 8.93. The first-order valence-electron chi connectivity index (χ1n) is 9.36. The lowest BCUT2D eigenvalue weighted by molar-refractivity contribution is 0.381. The Morgan fingerprint density at radius 3 is 2.68 bits per heavy atom. The summed E-state index contributed by atoms with van der Waals surface area (Å²) in [6.07, 6.45) is 1.69. The number of nitrogen functional groups attached to an aromatic ring is 1. The molecule has 11 heteroatoms. The highest BCUT2D eigenvalue weighted by atomic mass is 35.5. The molecule has 1 fully saturated rings. The molecule has 0 radical (unpaired) electrons. The average Bonchev–Trinajstić information content (AvgIpc) is 3.23. The summed E-state index contributed by atoms with van der Waals surface area (Å²) in [5.74, 6) is 1.40. The van der Waals surface area contributed by atoms with Gasteiger partial charge in [0.05, 0.1) is 21.9 Å². The van der Waals surface area contributed by atoms with Gasteiger partial charge in [-0.25, -0.2) is 15.0 Å². The molecule has 1 saturated heterocycles. The predicted octanol–water partition coefficient (Wildman–Crippen LogP) is 3.73. The first kappa shape index (κ1) is 21.2. The second-order valence-electron chi connectivity index (χ2n) is 6.79. The number of aliphatic imine (C=N–C) groups is 1. The summed E-state index contributed by atoms with van der Waals surface area (Å²) < 4.78 is 0. The van der Waals surface area contributed by atoms with Crippen LogP contribution in [-0.4, -0.2) is 47.0 Å². The Morgan fingerprint density at radius 1 is 1.23 bits per heavy atom. The van der Waals surface area contributed by atoms with Crippen molar-refractivity contribution in [2.45, 2.75) is 0 Å². The molecule has 31 heavy (non-hydrogen) atoms. The molecule has 0 unspecified atom stereocenters. The second kappa shape index (κ2) is 8.98. The minimum atomic E-state index is 0.288. The number of piperazine rings is 1. The minimum absolute atomic E-state index is 0.288. The van der Waals surface area contributed by atoms with Crippen molar-refractivity contribution in [1.82, 2.24) is 14.9 Å². The van der Waals surface area contributed by atoms with Crippen molar-refractivity contribution in [3.63, 3.8) is 0 Å². The molecule has 0 aliphatic carbocycles. The summed E-state index contributed by atoms with van der Waals surface area (Å²) >= 11 is 13.7. The number of aromatic nitrogens is 2. The lowest BCUT2D eigenvalue weighted by atomic mass is 10.1. The number of guanidine groups is 1. The number of anilines is 2. The SMILES string of the molecule is N#Cc1cc(N=C(N)N2CCN(c3cnc(-c4cccc(Cl)c4Cl)c(N)n3)CC2)cs1. The molecule has 0 saturated carbocycles. The lowest BCUT2D eigenvalue weighted by Crippen LogP contribution is -2.51. The Bertz CT molecular complexity index is 1180. The van der Waals surface area contributed by atoms with Gasteiger partial charge in [0.1, 0.15) is 22.5 Å². The maximum absolute atomic E-state index is 8.93. The van der Waals surface area contributed by atoms with E-state index in [4.69, 9.17) is 39.9 Å². The molecule has 8 nitrogen and oxygen atoms in total. The van der Waals surface area contributed by atoms with E-state index in [0.29, 0.717) is 69.8 Å². The Hall–Kier alpha value is -3.06. The zero-order valence-corrected chi connectivity index (χ0v) is 18.6. The molecule has 0 bridgehead atoms. The Morgan fingerprint density at radius 2 is 2.00 bits per heavy atom. The number of thiophene rings is 1. The smallest absolute Gasteiger partial charge is 0.196 e. The molecule has 2 aromatic heterocycles. The number of rotatable bonds is 3. The quantitative estimate of drug-likeness (QED) is 0.439. The van der Waals surface area contributed by atoms with Gasteiger partial charge in [0.2, 0.25) is 0 Å². The second-order valence-corrected chi connectivity index (χ2v) is 8.48. The van der Waals surface area contributed by atoms with E-state index in [9.17, 15) is 0 Å². The van der Waals surface area contributed by atoms with E-state index in [1.54, 1.807) is 24.4 Å².